The van der Waals surface area contributed by atoms with Crippen LogP contribution in [0, 0.1) is 6.92 Å². The summed E-state index contributed by atoms with van der Waals surface area (Å²) in [4.78, 5) is 12.1. The summed E-state index contributed by atoms with van der Waals surface area (Å²) in [7, 11) is 1.60. The van der Waals surface area contributed by atoms with Crippen molar-refractivity contribution in [2.45, 2.75) is 12.1 Å². The number of nitrogens with two attached hydrogens (primary N) is 1. The van der Waals surface area contributed by atoms with E-state index in [0.29, 0.717) is 16.7 Å². The van der Waals surface area contributed by atoms with Crippen LogP contribution in [0.25, 0.3) is 11.4 Å². The van der Waals surface area contributed by atoms with Crippen LogP contribution in [0.4, 0.5) is 5.69 Å². The quantitative estimate of drug-likeness (QED) is 0.512. The van der Waals surface area contributed by atoms with Crippen LogP contribution < -0.4 is 15.9 Å². The van der Waals surface area contributed by atoms with Gasteiger partial charge in [-0.2, -0.15) is 0 Å². The van der Waals surface area contributed by atoms with Crippen LogP contribution in [-0.2, 0) is 4.79 Å². The number of nitrogens with zero attached hydrogens (tertiary/aromatic N) is 3. The van der Waals surface area contributed by atoms with Crippen LogP contribution in [-0.4, -0.2) is 33.6 Å². The fraction of sp³-hybridized carbons (Fsp3) is 0.167. The van der Waals surface area contributed by atoms with Crippen molar-refractivity contribution in [2.75, 3.05) is 24.0 Å². The van der Waals surface area contributed by atoms with Crippen molar-refractivity contribution >= 4 is 23.4 Å². The Morgan fingerprint density at radius 3 is 2.69 bits per heavy atom. The summed E-state index contributed by atoms with van der Waals surface area (Å²) in [6.45, 7) is 2.00. The molecule has 26 heavy (non-hydrogen) atoms. The van der Waals surface area contributed by atoms with E-state index < -0.39 is 0 Å². The topological polar surface area (TPSA) is 95.1 Å². The molecule has 7 nitrogen and oxygen atoms in total. The Morgan fingerprint density at radius 1 is 1.23 bits per heavy atom. The Bertz CT molecular complexity index is 908. The van der Waals surface area contributed by atoms with E-state index in [1.807, 2.05) is 31.2 Å². The summed E-state index contributed by atoms with van der Waals surface area (Å²) in [5, 5.41) is 11.5. The highest BCUT2D eigenvalue weighted by Crippen LogP contribution is 2.22. The first kappa shape index (κ1) is 17.8. The molecular formula is C18H19N5O2S. The number of ether oxygens (including phenoxy) is 1. The van der Waals surface area contributed by atoms with Gasteiger partial charge >= 0.3 is 0 Å². The smallest absolute Gasteiger partial charge is 0.234 e. The Hall–Kier alpha value is -3.00. The molecule has 1 amide bonds. The third kappa shape index (κ3) is 4.15. The van der Waals surface area contributed by atoms with Gasteiger partial charge in [0.1, 0.15) is 5.75 Å². The van der Waals surface area contributed by atoms with Crippen molar-refractivity contribution in [1.82, 2.24) is 14.9 Å². The first-order valence-electron chi connectivity index (χ1n) is 7.91. The summed E-state index contributed by atoms with van der Waals surface area (Å²) in [6, 6.07) is 15.0. The lowest BCUT2D eigenvalue weighted by atomic mass is 10.1. The zero-order chi connectivity index (χ0) is 18.5. The summed E-state index contributed by atoms with van der Waals surface area (Å²) >= 11 is 1.23. The van der Waals surface area contributed by atoms with Crippen molar-refractivity contribution in [1.29, 1.82) is 0 Å². The molecule has 2 aromatic carbocycles. The number of anilines is 1. The minimum absolute atomic E-state index is 0.153. The number of methoxy groups -OCH3 is 1. The number of carbonyl (C=O) groups is 1. The number of nitrogens with one attached hydrogen (secondary N) is 1. The van der Waals surface area contributed by atoms with Crippen LogP contribution in [0.5, 0.6) is 5.75 Å². The van der Waals surface area contributed by atoms with Crippen molar-refractivity contribution in [3.05, 3.63) is 54.1 Å². The molecule has 3 aromatic rings. The monoisotopic (exact) mass is 369 g/mol. The lowest BCUT2D eigenvalue weighted by Gasteiger charge is -2.06. The van der Waals surface area contributed by atoms with E-state index in [4.69, 9.17) is 10.6 Å². The molecule has 0 saturated heterocycles. The highest BCUT2D eigenvalue weighted by molar-refractivity contribution is 7.99. The highest BCUT2D eigenvalue weighted by atomic mass is 32.2. The second-order valence-electron chi connectivity index (χ2n) is 5.61. The number of nitrogen functional groups attached to an aromatic ring is 1. The number of benzene rings is 2. The minimum atomic E-state index is -0.153. The first-order chi connectivity index (χ1) is 12.6. The van der Waals surface area contributed by atoms with Gasteiger partial charge in [-0.15, -0.1) is 10.2 Å². The molecule has 1 aromatic heterocycles. The standard InChI is InChI=1S/C18H19N5O2S/c1-12-4-3-5-13(10-12)17-21-22-18(23(17)19)26-11-16(24)20-14-6-8-15(25-2)9-7-14/h3-10H,11,19H2,1-2H3,(H,20,24). The lowest BCUT2D eigenvalue weighted by Crippen LogP contribution is -2.16. The molecule has 1 heterocycles. The van der Waals surface area contributed by atoms with Crippen molar-refractivity contribution in [2.24, 2.45) is 0 Å². The van der Waals surface area contributed by atoms with Gasteiger partial charge in [-0.25, -0.2) is 4.68 Å². The van der Waals surface area contributed by atoms with E-state index in [1.54, 1.807) is 31.4 Å². The molecule has 0 radical (unpaired) electrons. The van der Waals surface area contributed by atoms with Crippen molar-refractivity contribution in [3.63, 3.8) is 0 Å². The second kappa shape index (κ2) is 7.92. The number of aromatic nitrogens is 3. The van der Waals surface area contributed by atoms with Crippen molar-refractivity contribution in [3.8, 4) is 17.1 Å². The number of carbonyl (C=O) groups excluding carboxylic acids is 1. The number of aryl methyl sites for hydroxylation is 1. The predicted molar refractivity (Wildman–Crippen MR) is 103 cm³/mol. The number of hydrogen-bond donors (Lipinski definition) is 2. The number of thioether (sulfide) groups is 1. The summed E-state index contributed by atoms with van der Waals surface area (Å²) in [5.41, 5.74) is 2.69. The van der Waals surface area contributed by atoms with Gasteiger partial charge in [-0.05, 0) is 37.3 Å². The van der Waals surface area contributed by atoms with Gasteiger partial charge in [0.25, 0.3) is 0 Å². The molecule has 0 atom stereocenters. The van der Waals surface area contributed by atoms with Gasteiger partial charge in [-0.3, -0.25) is 4.79 Å². The van der Waals surface area contributed by atoms with Gasteiger partial charge in [-0.1, -0.05) is 35.5 Å². The summed E-state index contributed by atoms with van der Waals surface area (Å²) in [5.74, 6) is 7.40. The van der Waals surface area contributed by atoms with Gasteiger partial charge in [0.15, 0.2) is 5.82 Å². The number of rotatable bonds is 6. The average molecular weight is 369 g/mol. The number of hydrogen-bond acceptors (Lipinski definition) is 6. The summed E-state index contributed by atoms with van der Waals surface area (Å²) in [6.07, 6.45) is 0. The fourth-order valence-electron chi connectivity index (χ4n) is 2.36. The maximum absolute atomic E-state index is 12.1. The predicted octanol–water partition coefficient (Wildman–Crippen LogP) is 2.71. The molecule has 0 bridgehead atoms. The van der Waals surface area contributed by atoms with Crippen LogP contribution in [0.1, 0.15) is 5.56 Å². The van der Waals surface area contributed by atoms with Crippen LogP contribution in [0.3, 0.4) is 0 Å². The molecule has 0 spiro atoms. The fourth-order valence-corrected chi connectivity index (χ4v) is 3.01. The Kier molecular flexibility index (Phi) is 5.43. The van der Waals surface area contributed by atoms with Gasteiger partial charge in [0.2, 0.25) is 11.1 Å². The zero-order valence-electron chi connectivity index (χ0n) is 14.5. The van der Waals surface area contributed by atoms with Gasteiger partial charge < -0.3 is 15.9 Å². The maximum atomic E-state index is 12.1. The largest absolute Gasteiger partial charge is 0.497 e. The van der Waals surface area contributed by atoms with E-state index in [0.717, 1.165) is 16.9 Å². The molecule has 0 aliphatic rings. The molecule has 134 valence electrons. The Balaban J connectivity index is 1.61. The van der Waals surface area contributed by atoms with E-state index in [9.17, 15) is 4.79 Å². The number of amides is 1. The van der Waals surface area contributed by atoms with Crippen LogP contribution >= 0.6 is 11.8 Å². The average Bonchev–Trinajstić information content (AvgIpc) is 3.01. The Labute approximate surface area is 155 Å². The third-order valence-electron chi connectivity index (χ3n) is 3.65. The van der Waals surface area contributed by atoms with E-state index in [2.05, 4.69) is 15.5 Å². The second-order valence-corrected chi connectivity index (χ2v) is 6.55. The normalized spacial score (nSPS) is 10.5. The molecule has 0 aliphatic carbocycles. The molecule has 0 aliphatic heterocycles. The highest BCUT2D eigenvalue weighted by Gasteiger charge is 2.14. The van der Waals surface area contributed by atoms with E-state index in [-0.39, 0.29) is 11.7 Å². The minimum Gasteiger partial charge on any atom is -0.497 e. The molecule has 3 rings (SSSR count). The first-order valence-corrected chi connectivity index (χ1v) is 8.89. The molecule has 0 unspecified atom stereocenters. The van der Waals surface area contributed by atoms with Crippen LogP contribution in [0.15, 0.2) is 53.7 Å². The van der Waals surface area contributed by atoms with Gasteiger partial charge in [0, 0.05) is 11.3 Å². The van der Waals surface area contributed by atoms with Crippen molar-refractivity contribution < 1.29 is 9.53 Å². The van der Waals surface area contributed by atoms with E-state index >= 15 is 0 Å². The van der Waals surface area contributed by atoms with Gasteiger partial charge in [0.05, 0.1) is 12.9 Å². The molecule has 0 fully saturated rings. The Morgan fingerprint density at radius 2 is 2.00 bits per heavy atom. The zero-order valence-corrected chi connectivity index (χ0v) is 15.3. The molecule has 0 saturated carbocycles. The SMILES string of the molecule is COc1ccc(NC(=O)CSc2nnc(-c3cccc(C)c3)n2N)cc1. The maximum Gasteiger partial charge on any atom is 0.234 e. The third-order valence-corrected chi connectivity index (χ3v) is 4.59. The van der Waals surface area contributed by atoms with Crippen LogP contribution in [0.2, 0.25) is 0 Å². The summed E-state index contributed by atoms with van der Waals surface area (Å²) < 4.78 is 6.49. The molecular weight excluding hydrogens is 350 g/mol. The van der Waals surface area contributed by atoms with E-state index in [1.165, 1.54) is 16.4 Å². The molecule has 8 heteroatoms. The molecule has 3 N–H and O–H groups in total. The lowest BCUT2D eigenvalue weighted by molar-refractivity contribution is -0.113.